The third kappa shape index (κ3) is 4.80. The van der Waals surface area contributed by atoms with Crippen molar-refractivity contribution in [1.82, 2.24) is 9.88 Å². The van der Waals surface area contributed by atoms with E-state index in [1.807, 2.05) is 30.3 Å². The van der Waals surface area contributed by atoms with E-state index in [-0.39, 0.29) is 32.7 Å². The van der Waals surface area contributed by atoms with Gasteiger partial charge in [0, 0.05) is 6.07 Å². The van der Waals surface area contributed by atoms with E-state index < -0.39 is 17.7 Å². The Hall–Kier alpha value is -4.08. The Labute approximate surface area is 203 Å². The molecule has 1 aliphatic rings. The summed E-state index contributed by atoms with van der Waals surface area (Å²) in [5, 5.41) is 16.2. The second-order valence-corrected chi connectivity index (χ2v) is 7.95. The number of carboxylic acids is 1. The molecule has 2 heterocycles. The molecule has 1 aliphatic heterocycles. The summed E-state index contributed by atoms with van der Waals surface area (Å²) < 4.78 is 7.31. The number of carbonyl (C=O) groups excluding carboxylic acids is 1. The number of hydrogen-bond acceptors (Lipinski definition) is 5. The van der Waals surface area contributed by atoms with E-state index in [0.29, 0.717) is 12.3 Å². The summed E-state index contributed by atoms with van der Waals surface area (Å²) in [4.78, 5) is 35.9. The monoisotopic (exact) mass is 498 g/mol. The van der Waals surface area contributed by atoms with Gasteiger partial charge < -0.3 is 19.7 Å². The van der Waals surface area contributed by atoms with Gasteiger partial charge in [0.25, 0.3) is 5.56 Å². The Kier molecular flexibility index (Phi) is 6.40. The number of aromatic nitrogens is 1. The molecule has 11 heteroatoms. The molecule has 0 radical (unpaired) electrons. The molecule has 3 aromatic rings. The molecule has 4 rings (SSSR count). The molecule has 2 N–H and O–H groups in total. The summed E-state index contributed by atoms with van der Waals surface area (Å²) in [6, 6.07) is 14.2. The number of nitrogens with one attached hydrogen (secondary N) is 1. The first-order chi connectivity index (χ1) is 16.2. The highest BCUT2D eigenvalue weighted by Crippen LogP contribution is 2.40. The molecule has 0 bridgehead atoms. The van der Waals surface area contributed by atoms with Crippen molar-refractivity contribution in [1.29, 1.82) is 0 Å². The molecule has 0 spiro atoms. The second-order valence-electron chi connectivity index (χ2n) is 7.13. The third-order valence-electron chi connectivity index (χ3n) is 4.74. The van der Waals surface area contributed by atoms with Crippen LogP contribution in [0.4, 0.5) is 10.5 Å². The highest BCUT2D eigenvalue weighted by molar-refractivity contribution is 6.44. The number of carbonyl (C=O) groups is 2. The zero-order valence-electron chi connectivity index (χ0n) is 17.4. The van der Waals surface area contributed by atoms with Gasteiger partial charge in [-0.05, 0) is 23.8 Å². The minimum absolute atomic E-state index is 0.0348. The van der Waals surface area contributed by atoms with Crippen LogP contribution in [0.2, 0.25) is 10.0 Å². The summed E-state index contributed by atoms with van der Waals surface area (Å²) >= 11 is 12.7. The molecule has 0 fully saturated rings. The predicted octanol–water partition coefficient (Wildman–Crippen LogP) is 4.48. The molecule has 2 aromatic carbocycles. The fraction of sp³-hybridized carbons (Fsp3) is 0.0435. The molecule has 0 unspecified atom stereocenters. The van der Waals surface area contributed by atoms with Crippen LogP contribution in [0.25, 0.3) is 0 Å². The highest BCUT2D eigenvalue weighted by atomic mass is 35.5. The van der Waals surface area contributed by atoms with E-state index >= 15 is 0 Å². The maximum Gasteiger partial charge on any atom is 0.358 e. The molecule has 34 heavy (non-hydrogen) atoms. The number of anilines is 1. The van der Waals surface area contributed by atoms with Crippen molar-refractivity contribution in [3.63, 3.8) is 0 Å². The molecule has 1 aromatic heterocycles. The lowest BCUT2D eigenvalue weighted by Crippen LogP contribution is -2.45. The molecular formula is C23H16Cl2N4O5. The van der Waals surface area contributed by atoms with Crippen LogP contribution in [0.1, 0.15) is 5.56 Å². The summed E-state index contributed by atoms with van der Waals surface area (Å²) in [5.41, 5.74) is 0.254. The van der Waals surface area contributed by atoms with Gasteiger partial charge in [0.05, 0.1) is 34.2 Å². The van der Waals surface area contributed by atoms with Crippen LogP contribution < -0.4 is 20.6 Å². The molecule has 2 amide bonds. The first-order valence-electron chi connectivity index (χ1n) is 9.76. The average molecular weight is 499 g/mol. The first-order valence-corrected chi connectivity index (χ1v) is 10.5. The summed E-state index contributed by atoms with van der Waals surface area (Å²) in [6.45, 7) is 3.81. The number of amides is 2. The Morgan fingerprint density at radius 2 is 1.76 bits per heavy atom. The Morgan fingerprint density at radius 1 is 1.09 bits per heavy atom. The van der Waals surface area contributed by atoms with E-state index in [1.165, 1.54) is 35.0 Å². The van der Waals surface area contributed by atoms with Gasteiger partial charge in [-0.25, -0.2) is 9.59 Å². The van der Waals surface area contributed by atoms with Crippen LogP contribution in [0.15, 0.2) is 83.0 Å². The van der Waals surface area contributed by atoms with Gasteiger partial charge in [-0.3, -0.25) is 4.79 Å². The Balaban J connectivity index is 1.63. The van der Waals surface area contributed by atoms with E-state index in [0.717, 1.165) is 10.6 Å². The number of aliphatic carboxylic acids is 1. The van der Waals surface area contributed by atoms with Crippen molar-refractivity contribution in [2.24, 2.45) is 5.10 Å². The average Bonchev–Trinajstić information content (AvgIpc) is 2.78. The molecular weight excluding hydrogens is 483 g/mol. The molecule has 0 saturated carbocycles. The number of halogens is 2. The standard InChI is InChI=1S/C23H16Cl2N4O5/c1-13-20(22(31)32)27-29(23(33)26-13)15-9-17(24)21(18(25)10-15)34-16-7-8-19(30)28(12-16)11-14-5-3-2-4-6-14/h2-10,12H,1,11H2,(H,26,33)(H,31,32). The molecule has 9 nitrogen and oxygen atoms in total. The molecule has 0 atom stereocenters. The number of pyridine rings is 1. The molecule has 0 saturated heterocycles. The summed E-state index contributed by atoms with van der Waals surface area (Å²) in [6.07, 6.45) is 1.53. The van der Waals surface area contributed by atoms with Gasteiger partial charge in [0.1, 0.15) is 5.75 Å². The van der Waals surface area contributed by atoms with Crippen LogP contribution in [-0.2, 0) is 11.3 Å². The van der Waals surface area contributed by atoms with E-state index in [2.05, 4.69) is 17.0 Å². The van der Waals surface area contributed by atoms with E-state index in [9.17, 15) is 19.5 Å². The second kappa shape index (κ2) is 9.42. The van der Waals surface area contributed by atoms with Gasteiger partial charge in [-0.1, -0.05) is 60.1 Å². The zero-order chi connectivity index (χ0) is 24.4. The highest BCUT2D eigenvalue weighted by Gasteiger charge is 2.29. The fourth-order valence-corrected chi connectivity index (χ4v) is 3.70. The summed E-state index contributed by atoms with van der Waals surface area (Å²) in [7, 11) is 0. The largest absolute Gasteiger partial charge is 0.476 e. The van der Waals surface area contributed by atoms with Gasteiger partial charge in [0.15, 0.2) is 11.5 Å². The van der Waals surface area contributed by atoms with Crippen LogP contribution in [0.3, 0.4) is 0 Å². The summed E-state index contributed by atoms with van der Waals surface area (Å²) in [5.74, 6) is -0.968. The normalized spacial score (nSPS) is 13.4. The van der Waals surface area contributed by atoms with Crippen molar-refractivity contribution >= 4 is 46.6 Å². The lowest BCUT2D eigenvalue weighted by Gasteiger charge is -2.24. The van der Waals surface area contributed by atoms with Crippen molar-refractivity contribution in [2.75, 3.05) is 5.01 Å². The SMILES string of the molecule is C=C1NC(=O)N(c2cc(Cl)c(Oc3ccc(=O)n(Cc4ccccc4)c3)c(Cl)c2)N=C1C(=O)O. The number of hydrogen-bond donors (Lipinski definition) is 2. The van der Waals surface area contributed by atoms with Crippen molar-refractivity contribution in [2.45, 2.75) is 6.54 Å². The maximum absolute atomic E-state index is 12.3. The topological polar surface area (TPSA) is 113 Å². The lowest BCUT2D eigenvalue weighted by atomic mass is 10.2. The van der Waals surface area contributed by atoms with Gasteiger partial charge >= 0.3 is 12.0 Å². The van der Waals surface area contributed by atoms with Crippen LogP contribution in [0.5, 0.6) is 11.5 Å². The lowest BCUT2D eigenvalue weighted by molar-refractivity contribution is -0.129. The number of rotatable bonds is 6. The molecule has 0 aliphatic carbocycles. The van der Waals surface area contributed by atoms with Crippen molar-refractivity contribution in [3.05, 3.63) is 99.0 Å². The number of benzene rings is 2. The van der Waals surface area contributed by atoms with Crippen molar-refractivity contribution in [3.8, 4) is 11.5 Å². The van der Waals surface area contributed by atoms with Gasteiger partial charge in [0.2, 0.25) is 0 Å². The number of hydrazone groups is 1. The zero-order valence-corrected chi connectivity index (χ0v) is 18.9. The maximum atomic E-state index is 12.3. The number of ether oxygens (including phenoxy) is 1. The third-order valence-corrected chi connectivity index (χ3v) is 5.30. The van der Waals surface area contributed by atoms with E-state index in [1.54, 1.807) is 0 Å². The number of nitrogens with zero attached hydrogens (tertiary/aromatic N) is 3. The number of carboxylic acid groups (broad SMARTS) is 1. The van der Waals surface area contributed by atoms with Crippen LogP contribution in [0, 0.1) is 0 Å². The Bertz CT molecular complexity index is 1380. The predicted molar refractivity (Wildman–Crippen MR) is 128 cm³/mol. The quantitative estimate of drug-likeness (QED) is 0.520. The van der Waals surface area contributed by atoms with Gasteiger partial charge in [-0.2, -0.15) is 10.1 Å². The van der Waals surface area contributed by atoms with Crippen molar-refractivity contribution < 1.29 is 19.4 Å². The van der Waals surface area contributed by atoms with Crippen LogP contribution >= 0.6 is 23.2 Å². The fourth-order valence-electron chi connectivity index (χ4n) is 3.15. The van der Waals surface area contributed by atoms with E-state index in [4.69, 9.17) is 27.9 Å². The first kappa shape index (κ1) is 23.1. The minimum Gasteiger partial charge on any atom is -0.476 e. The van der Waals surface area contributed by atoms with Gasteiger partial charge in [-0.15, -0.1) is 0 Å². The molecule has 172 valence electrons. The smallest absolute Gasteiger partial charge is 0.358 e. The van der Waals surface area contributed by atoms with Crippen LogP contribution in [-0.4, -0.2) is 27.4 Å². The Morgan fingerprint density at radius 3 is 2.41 bits per heavy atom. The minimum atomic E-state index is -1.36. The number of urea groups is 1.